The van der Waals surface area contributed by atoms with Gasteiger partial charge in [0.2, 0.25) is 0 Å². The molecule has 0 aliphatic carbocycles. The molecule has 2 N–H and O–H groups in total. The normalized spacial score (nSPS) is 12.4. The average molecular weight is 254 g/mol. The van der Waals surface area contributed by atoms with Gasteiger partial charge in [0.15, 0.2) is 0 Å². The molecule has 2 nitrogen and oxygen atoms in total. The van der Waals surface area contributed by atoms with Crippen LogP contribution in [0.1, 0.15) is 45.4 Å². The van der Waals surface area contributed by atoms with E-state index >= 15 is 0 Å². The van der Waals surface area contributed by atoms with E-state index in [0.29, 0.717) is 13.1 Å². The van der Waals surface area contributed by atoms with Gasteiger partial charge in [-0.1, -0.05) is 39.0 Å². The molecule has 0 aromatic heterocycles. The maximum Gasteiger partial charge on any atom is 0.401 e. The predicted octanol–water partition coefficient (Wildman–Crippen LogP) is 3.17. The summed E-state index contributed by atoms with van der Waals surface area (Å²) in [6, 6.07) is 0. The number of unbranched alkanes of at least 4 members (excludes halogenated alkanes) is 5. The second kappa shape index (κ2) is 9.71. The van der Waals surface area contributed by atoms with Crippen LogP contribution < -0.4 is 5.73 Å². The Balaban J connectivity index is 3.63. The van der Waals surface area contributed by atoms with Crippen LogP contribution in [-0.4, -0.2) is 37.3 Å². The zero-order valence-electron chi connectivity index (χ0n) is 10.7. The number of nitrogens with zero attached hydrogens (tertiary/aromatic N) is 1. The summed E-state index contributed by atoms with van der Waals surface area (Å²) in [4.78, 5) is 1.40. The van der Waals surface area contributed by atoms with Crippen molar-refractivity contribution >= 4 is 0 Å². The largest absolute Gasteiger partial charge is 0.401 e. The van der Waals surface area contributed by atoms with Crippen molar-refractivity contribution in [3.63, 3.8) is 0 Å². The van der Waals surface area contributed by atoms with Gasteiger partial charge < -0.3 is 5.73 Å². The molecule has 0 radical (unpaired) electrons. The Morgan fingerprint density at radius 1 is 0.941 bits per heavy atom. The van der Waals surface area contributed by atoms with Crippen LogP contribution >= 0.6 is 0 Å². The Labute approximate surface area is 102 Å². The fourth-order valence-corrected chi connectivity index (χ4v) is 1.82. The molecule has 17 heavy (non-hydrogen) atoms. The molecule has 0 spiro atoms. The lowest BCUT2D eigenvalue weighted by molar-refractivity contribution is -0.145. The lowest BCUT2D eigenvalue weighted by Gasteiger charge is -2.22. The summed E-state index contributed by atoms with van der Waals surface area (Å²) in [5.41, 5.74) is 5.31. The minimum Gasteiger partial charge on any atom is -0.329 e. The van der Waals surface area contributed by atoms with Crippen LogP contribution in [0.15, 0.2) is 0 Å². The van der Waals surface area contributed by atoms with E-state index in [4.69, 9.17) is 5.73 Å². The van der Waals surface area contributed by atoms with Gasteiger partial charge in [-0.05, 0) is 13.0 Å². The third-order valence-corrected chi connectivity index (χ3v) is 2.68. The fourth-order valence-electron chi connectivity index (χ4n) is 1.82. The Kier molecular flexibility index (Phi) is 9.55. The van der Waals surface area contributed by atoms with Crippen molar-refractivity contribution in [3.05, 3.63) is 0 Å². The first-order valence-electron chi connectivity index (χ1n) is 6.48. The summed E-state index contributed by atoms with van der Waals surface area (Å²) in [7, 11) is 0. The van der Waals surface area contributed by atoms with E-state index < -0.39 is 12.7 Å². The van der Waals surface area contributed by atoms with E-state index in [0.717, 1.165) is 19.3 Å². The minimum absolute atomic E-state index is 0.284. The van der Waals surface area contributed by atoms with Gasteiger partial charge in [0, 0.05) is 13.1 Å². The first kappa shape index (κ1) is 16.7. The number of nitrogens with two attached hydrogens (primary N) is 1. The van der Waals surface area contributed by atoms with Crippen LogP contribution in [-0.2, 0) is 0 Å². The molecule has 0 aliphatic heterocycles. The van der Waals surface area contributed by atoms with Crippen LogP contribution in [0.5, 0.6) is 0 Å². The van der Waals surface area contributed by atoms with Crippen molar-refractivity contribution in [3.8, 4) is 0 Å². The molecular formula is C12H25F3N2. The number of hydrogen-bond acceptors (Lipinski definition) is 2. The standard InChI is InChI=1S/C12H25F3N2/c1-2-3-4-5-6-7-9-17(10-8-16)11-12(13,14)15/h2-11,16H2,1H3. The van der Waals surface area contributed by atoms with Crippen LogP contribution in [0.4, 0.5) is 13.2 Å². The highest BCUT2D eigenvalue weighted by Gasteiger charge is 2.29. The first-order chi connectivity index (χ1) is 7.99. The van der Waals surface area contributed by atoms with Gasteiger partial charge in [0.05, 0.1) is 6.54 Å². The molecule has 0 atom stereocenters. The quantitative estimate of drug-likeness (QED) is 0.607. The van der Waals surface area contributed by atoms with Crippen LogP contribution in [0, 0.1) is 0 Å². The molecule has 0 rings (SSSR count). The number of alkyl halides is 3. The summed E-state index contributed by atoms with van der Waals surface area (Å²) >= 11 is 0. The van der Waals surface area contributed by atoms with Gasteiger partial charge in [0.1, 0.15) is 0 Å². The lowest BCUT2D eigenvalue weighted by Crippen LogP contribution is -2.38. The predicted molar refractivity (Wildman–Crippen MR) is 64.9 cm³/mol. The van der Waals surface area contributed by atoms with E-state index in [2.05, 4.69) is 6.92 Å². The third kappa shape index (κ3) is 12.0. The first-order valence-corrected chi connectivity index (χ1v) is 6.48. The SMILES string of the molecule is CCCCCCCCN(CCN)CC(F)(F)F. The van der Waals surface area contributed by atoms with Gasteiger partial charge in [-0.15, -0.1) is 0 Å². The minimum atomic E-state index is -4.11. The molecule has 0 amide bonds. The highest BCUT2D eigenvalue weighted by molar-refractivity contribution is 4.64. The molecule has 0 fully saturated rings. The molecule has 0 aliphatic rings. The average Bonchev–Trinajstić information content (AvgIpc) is 2.21. The summed E-state index contributed by atoms with van der Waals surface area (Å²) in [5.74, 6) is 0. The zero-order valence-corrected chi connectivity index (χ0v) is 10.7. The molecule has 0 saturated heterocycles. The van der Waals surface area contributed by atoms with Crippen molar-refractivity contribution < 1.29 is 13.2 Å². The molecule has 0 aromatic rings. The van der Waals surface area contributed by atoms with Crippen molar-refractivity contribution in [1.82, 2.24) is 4.90 Å². The highest BCUT2D eigenvalue weighted by atomic mass is 19.4. The molecule has 104 valence electrons. The van der Waals surface area contributed by atoms with E-state index in [9.17, 15) is 13.2 Å². The van der Waals surface area contributed by atoms with E-state index in [1.54, 1.807) is 0 Å². The molecule has 0 unspecified atom stereocenters. The third-order valence-electron chi connectivity index (χ3n) is 2.68. The molecular weight excluding hydrogens is 229 g/mol. The van der Waals surface area contributed by atoms with Gasteiger partial charge in [0.25, 0.3) is 0 Å². The maximum absolute atomic E-state index is 12.2. The molecule has 0 heterocycles. The summed E-state index contributed by atoms with van der Waals surface area (Å²) < 4.78 is 36.7. The van der Waals surface area contributed by atoms with E-state index in [1.165, 1.54) is 24.2 Å². The summed E-state index contributed by atoms with van der Waals surface area (Å²) in [5, 5.41) is 0. The smallest absolute Gasteiger partial charge is 0.329 e. The van der Waals surface area contributed by atoms with Crippen LogP contribution in [0.25, 0.3) is 0 Å². The Morgan fingerprint density at radius 2 is 1.53 bits per heavy atom. The number of halogens is 3. The second-order valence-electron chi connectivity index (χ2n) is 4.45. The van der Waals surface area contributed by atoms with Crippen molar-refractivity contribution in [2.45, 2.75) is 51.6 Å². The van der Waals surface area contributed by atoms with Crippen LogP contribution in [0.3, 0.4) is 0 Å². The maximum atomic E-state index is 12.2. The Hall–Kier alpha value is -0.290. The lowest BCUT2D eigenvalue weighted by atomic mass is 10.1. The fraction of sp³-hybridized carbons (Fsp3) is 1.00. The molecule has 0 bridgehead atoms. The zero-order chi connectivity index (χ0) is 13.1. The van der Waals surface area contributed by atoms with Crippen LogP contribution in [0.2, 0.25) is 0 Å². The van der Waals surface area contributed by atoms with Crippen molar-refractivity contribution in [2.75, 3.05) is 26.2 Å². The highest BCUT2D eigenvalue weighted by Crippen LogP contribution is 2.16. The summed E-state index contributed by atoms with van der Waals surface area (Å²) in [6.45, 7) is 2.43. The van der Waals surface area contributed by atoms with E-state index in [1.807, 2.05) is 0 Å². The Morgan fingerprint density at radius 3 is 2.06 bits per heavy atom. The topological polar surface area (TPSA) is 29.3 Å². The van der Waals surface area contributed by atoms with Gasteiger partial charge in [-0.3, -0.25) is 4.90 Å². The monoisotopic (exact) mass is 254 g/mol. The van der Waals surface area contributed by atoms with Gasteiger partial charge in [-0.2, -0.15) is 13.2 Å². The number of rotatable bonds is 10. The van der Waals surface area contributed by atoms with Gasteiger partial charge >= 0.3 is 6.18 Å². The molecule has 0 saturated carbocycles. The molecule has 0 aromatic carbocycles. The summed E-state index contributed by atoms with van der Waals surface area (Å²) in [6.07, 6.45) is 2.45. The second-order valence-corrected chi connectivity index (χ2v) is 4.45. The van der Waals surface area contributed by atoms with Crippen molar-refractivity contribution in [2.24, 2.45) is 5.73 Å². The van der Waals surface area contributed by atoms with E-state index in [-0.39, 0.29) is 6.54 Å². The Bertz CT molecular complexity index is 172. The molecule has 5 heteroatoms. The van der Waals surface area contributed by atoms with Gasteiger partial charge in [-0.25, -0.2) is 0 Å². The number of hydrogen-bond donors (Lipinski definition) is 1. The van der Waals surface area contributed by atoms with Crippen molar-refractivity contribution in [1.29, 1.82) is 0 Å².